The van der Waals surface area contributed by atoms with Gasteiger partial charge in [-0.05, 0) is 62.3 Å². The molecular formula is C23H26N4O7. The van der Waals surface area contributed by atoms with Gasteiger partial charge in [-0.1, -0.05) is 6.07 Å². The zero-order valence-corrected chi connectivity index (χ0v) is 19.0. The number of aromatic hydroxyl groups is 1. The van der Waals surface area contributed by atoms with Crippen LogP contribution in [-0.4, -0.2) is 70.5 Å². The molecule has 0 aliphatic heterocycles. The molecule has 0 spiro atoms. The summed E-state index contributed by atoms with van der Waals surface area (Å²) in [5.74, 6) is -6.15. The van der Waals surface area contributed by atoms with Crippen LogP contribution in [0.15, 0.2) is 34.2 Å². The summed E-state index contributed by atoms with van der Waals surface area (Å²) in [6.07, 6.45) is 0.290. The van der Waals surface area contributed by atoms with Crippen LogP contribution in [0.2, 0.25) is 0 Å². The first kappa shape index (κ1) is 23.7. The zero-order valence-electron chi connectivity index (χ0n) is 19.0. The predicted molar refractivity (Wildman–Crippen MR) is 120 cm³/mol. The van der Waals surface area contributed by atoms with E-state index in [1.54, 1.807) is 27.2 Å². The molecular weight excluding hydrogens is 444 g/mol. The summed E-state index contributed by atoms with van der Waals surface area (Å²) in [5, 5.41) is 39.1. The van der Waals surface area contributed by atoms with E-state index in [0.717, 1.165) is 5.56 Å². The second-order valence-corrected chi connectivity index (χ2v) is 9.18. The van der Waals surface area contributed by atoms with E-state index in [1.165, 1.54) is 11.0 Å². The van der Waals surface area contributed by atoms with Gasteiger partial charge in [0.2, 0.25) is 11.6 Å². The number of fused-ring (bicyclic) bond motifs is 3. The van der Waals surface area contributed by atoms with Crippen molar-refractivity contribution in [1.29, 1.82) is 0 Å². The maximum atomic E-state index is 13.7. The van der Waals surface area contributed by atoms with E-state index in [9.17, 15) is 34.6 Å². The van der Waals surface area contributed by atoms with Crippen LogP contribution < -0.4 is 11.1 Å². The van der Waals surface area contributed by atoms with Crippen LogP contribution >= 0.6 is 0 Å². The largest absolute Gasteiger partial charge is 0.507 e. The number of phenolic OH excluding ortho intramolecular Hbond substituents is 1. The van der Waals surface area contributed by atoms with Crippen LogP contribution in [0.1, 0.15) is 23.1 Å². The van der Waals surface area contributed by atoms with Gasteiger partial charge in [0, 0.05) is 18.0 Å². The van der Waals surface area contributed by atoms with E-state index in [-0.39, 0.29) is 29.7 Å². The Labute approximate surface area is 194 Å². The van der Waals surface area contributed by atoms with E-state index in [1.807, 2.05) is 0 Å². The summed E-state index contributed by atoms with van der Waals surface area (Å²) in [6.45, 7) is 0.446. The highest BCUT2D eigenvalue weighted by Crippen LogP contribution is 2.52. The molecule has 0 aromatic heterocycles. The Morgan fingerprint density at radius 3 is 2.50 bits per heavy atom. The number of rotatable bonds is 5. The Morgan fingerprint density at radius 2 is 1.94 bits per heavy atom. The molecule has 6 N–H and O–H groups in total. The third-order valence-electron chi connectivity index (χ3n) is 7.16. The number of carbonyl (C=O) groups is 3. The number of benzene rings is 1. The number of nitroso groups, excluding NO2 is 1. The lowest BCUT2D eigenvalue weighted by molar-refractivity contribution is -0.161. The molecule has 11 nitrogen and oxygen atoms in total. The first-order valence-electron chi connectivity index (χ1n) is 10.8. The molecule has 11 heteroatoms. The molecule has 1 aromatic carbocycles. The van der Waals surface area contributed by atoms with Crippen LogP contribution in [0.5, 0.6) is 5.75 Å². The van der Waals surface area contributed by atoms with E-state index in [0.29, 0.717) is 12.1 Å². The average Bonchev–Trinajstić information content (AvgIpc) is 2.76. The molecule has 1 saturated carbocycles. The summed E-state index contributed by atoms with van der Waals surface area (Å²) < 4.78 is 0. The Balaban J connectivity index is 1.97. The number of ketones is 2. The van der Waals surface area contributed by atoms with Gasteiger partial charge in [-0.25, -0.2) is 0 Å². The third kappa shape index (κ3) is 3.04. The number of phenols is 1. The van der Waals surface area contributed by atoms with Crippen LogP contribution in [0.4, 0.5) is 0 Å². The van der Waals surface area contributed by atoms with Crippen molar-refractivity contribution in [2.24, 2.45) is 22.7 Å². The van der Waals surface area contributed by atoms with Gasteiger partial charge in [-0.2, -0.15) is 0 Å². The normalized spacial score (nSPS) is 28.6. The van der Waals surface area contributed by atoms with Crippen LogP contribution in [0.3, 0.4) is 0 Å². The van der Waals surface area contributed by atoms with E-state index in [2.05, 4.69) is 10.5 Å². The van der Waals surface area contributed by atoms with E-state index >= 15 is 0 Å². The number of hydrogen-bond acceptors (Lipinski definition) is 10. The molecule has 180 valence electrons. The molecule has 3 aliphatic carbocycles. The molecule has 0 unspecified atom stereocenters. The van der Waals surface area contributed by atoms with E-state index < -0.39 is 58.0 Å². The van der Waals surface area contributed by atoms with Gasteiger partial charge in [-0.15, -0.1) is 4.91 Å². The lowest BCUT2D eigenvalue weighted by Gasteiger charge is -2.50. The van der Waals surface area contributed by atoms with Crippen molar-refractivity contribution in [3.63, 3.8) is 0 Å². The Morgan fingerprint density at radius 1 is 1.26 bits per heavy atom. The van der Waals surface area contributed by atoms with Crippen molar-refractivity contribution in [2.75, 3.05) is 21.1 Å². The van der Waals surface area contributed by atoms with Crippen molar-refractivity contribution in [1.82, 2.24) is 10.2 Å². The second-order valence-electron chi connectivity index (χ2n) is 9.18. The Bertz CT molecular complexity index is 1200. The number of carbonyl (C=O) groups excluding carboxylic acids is 3. The molecule has 34 heavy (non-hydrogen) atoms. The lowest BCUT2D eigenvalue weighted by Crippen LogP contribution is -2.67. The highest BCUT2D eigenvalue weighted by Gasteiger charge is 2.65. The molecule has 1 aromatic rings. The average molecular weight is 470 g/mol. The summed E-state index contributed by atoms with van der Waals surface area (Å²) in [4.78, 5) is 52.3. The minimum Gasteiger partial charge on any atom is -0.507 e. The molecule has 3 aliphatic rings. The van der Waals surface area contributed by atoms with Gasteiger partial charge in [0.05, 0.1) is 11.6 Å². The predicted octanol–water partition coefficient (Wildman–Crippen LogP) is -0.108. The topological polar surface area (TPSA) is 183 Å². The number of likely N-dealkylation sites (N-methyl/N-ethyl adjacent to an activating group) is 1. The molecule has 0 heterocycles. The Kier molecular flexibility index (Phi) is 5.67. The second kappa shape index (κ2) is 8.12. The third-order valence-corrected chi connectivity index (χ3v) is 7.16. The minimum absolute atomic E-state index is 0.0371. The van der Waals surface area contributed by atoms with Crippen molar-refractivity contribution < 1.29 is 29.7 Å². The van der Waals surface area contributed by atoms with Crippen LogP contribution in [0.25, 0.3) is 5.76 Å². The zero-order chi connectivity index (χ0) is 25.1. The number of nitrogens with zero attached hydrogens (tertiary/aromatic N) is 2. The number of amides is 1. The molecule has 1 amide bonds. The number of aliphatic hydroxyl groups excluding tert-OH is 1. The first-order valence-corrected chi connectivity index (χ1v) is 10.8. The van der Waals surface area contributed by atoms with Crippen molar-refractivity contribution in [3.8, 4) is 5.75 Å². The highest BCUT2D eigenvalue weighted by molar-refractivity contribution is 6.33. The number of Topliss-reactive ketones (excluding diaryl/α,β-unsaturated/α-hetero) is 2. The lowest BCUT2D eigenvalue weighted by atomic mass is 9.56. The maximum Gasteiger partial charge on any atom is 0.254 e. The standard InChI is InChI=1S/C23H26N4O7/c1-25-8-9-4-5-13(28)15-11(9)6-10-7-12-18(27(2)3)17(26-34)16(22(24)32)21(31)23(12,33)20(30)14(10)19(15)29/h4-5,10,12,18,25,28-29,33H,6-8H2,1-3H3,(H2,24,32)/t10-,12-,18-,23-/m0/s1. The fourth-order valence-electron chi connectivity index (χ4n) is 5.77. The summed E-state index contributed by atoms with van der Waals surface area (Å²) in [6, 6.07) is 2.07. The van der Waals surface area contributed by atoms with Gasteiger partial charge in [0.15, 0.2) is 5.60 Å². The summed E-state index contributed by atoms with van der Waals surface area (Å²) >= 11 is 0. The minimum atomic E-state index is -2.73. The number of hydrogen-bond donors (Lipinski definition) is 5. The number of nitrogens with two attached hydrogens (primary N) is 1. The highest BCUT2D eigenvalue weighted by atomic mass is 16.3. The quantitative estimate of drug-likeness (QED) is 0.223. The monoisotopic (exact) mass is 470 g/mol. The van der Waals surface area contributed by atoms with Crippen LogP contribution in [0, 0.1) is 16.7 Å². The molecule has 0 radical (unpaired) electrons. The van der Waals surface area contributed by atoms with Gasteiger partial charge >= 0.3 is 0 Å². The smallest absolute Gasteiger partial charge is 0.254 e. The molecule has 4 atom stereocenters. The SMILES string of the molecule is CNCc1ccc(O)c2c1C[C@H]1C[C@H]3[C@H](N(C)C)C(N=O)=C(C(N)=O)C(=O)[C@@]3(O)C(=O)C1=C2O. The summed E-state index contributed by atoms with van der Waals surface area (Å²) in [5.41, 5.74) is 2.69. The Hall–Kier alpha value is -3.41. The fourth-order valence-corrected chi connectivity index (χ4v) is 5.77. The maximum absolute atomic E-state index is 13.7. The number of nitrogens with one attached hydrogen (secondary N) is 1. The van der Waals surface area contributed by atoms with Gasteiger partial charge in [-0.3, -0.25) is 14.4 Å². The van der Waals surface area contributed by atoms with Crippen molar-refractivity contribution in [3.05, 3.63) is 50.6 Å². The molecule has 1 fully saturated rings. The molecule has 4 rings (SSSR count). The summed E-state index contributed by atoms with van der Waals surface area (Å²) in [7, 11) is 4.88. The molecule has 0 bridgehead atoms. The van der Waals surface area contributed by atoms with Gasteiger partial charge in [0.1, 0.15) is 22.8 Å². The molecule has 0 saturated heterocycles. The fraction of sp³-hybridized carbons (Fsp3) is 0.435. The number of aliphatic hydroxyl groups is 2. The van der Waals surface area contributed by atoms with Crippen molar-refractivity contribution >= 4 is 23.2 Å². The first-order chi connectivity index (χ1) is 16.0. The van der Waals surface area contributed by atoms with Gasteiger partial charge in [0.25, 0.3) is 5.91 Å². The van der Waals surface area contributed by atoms with Crippen LogP contribution in [-0.2, 0) is 27.3 Å². The van der Waals surface area contributed by atoms with E-state index in [4.69, 9.17) is 5.73 Å². The van der Waals surface area contributed by atoms with Gasteiger partial charge < -0.3 is 31.3 Å². The number of primary amides is 1. The van der Waals surface area contributed by atoms with Crippen molar-refractivity contribution in [2.45, 2.75) is 31.0 Å².